The maximum absolute atomic E-state index is 13.0. The van der Waals surface area contributed by atoms with E-state index in [-0.39, 0.29) is 30.1 Å². The molecule has 0 spiro atoms. The summed E-state index contributed by atoms with van der Waals surface area (Å²) in [5.74, 6) is 0.354. The first-order valence-corrected chi connectivity index (χ1v) is 11.3. The Morgan fingerprint density at radius 2 is 2.07 bits per heavy atom. The predicted molar refractivity (Wildman–Crippen MR) is 110 cm³/mol. The van der Waals surface area contributed by atoms with Crippen molar-refractivity contribution in [3.05, 3.63) is 65.6 Å². The molecule has 152 valence electrons. The third-order valence-corrected chi connectivity index (χ3v) is 7.05. The average Bonchev–Trinajstić information content (AvgIpc) is 3.29. The molecule has 1 saturated heterocycles. The summed E-state index contributed by atoms with van der Waals surface area (Å²) in [7, 11) is -1.42. The Hall–Kier alpha value is -2.87. The SMILES string of the molecule is Cc1cccn2cc(COc3ccccc3C(=O)N(C)C3CCS(=O)(=O)C3)nc12. The summed E-state index contributed by atoms with van der Waals surface area (Å²) >= 11 is 0. The Kier molecular flexibility index (Phi) is 5.04. The number of aromatic nitrogens is 2. The standard InChI is InChI=1S/C21H23N3O4S/c1-15-6-5-10-24-12-16(22-20(15)24)13-28-19-8-4-3-7-18(19)21(25)23(2)17-9-11-29(26,27)14-17/h3-8,10,12,17H,9,11,13-14H2,1-2H3. The summed E-state index contributed by atoms with van der Waals surface area (Å²) in [5.41, 5.74) is 3.12. The third-order valence-electron chi connectivity index (χ3n) is 5.30. The lowest BCUT2D eigenvalue weighted by molar-refractivity contribution is 0.0742. The molecule has 0 aliphatic carbocycles. The summed E-state index contributed by atoms with van der Waals surface area (Å²) in [5, 5.41) is 0. The van der Waals surface area contributed by atoms with Crippen LogP contribution >= 0.6 is 0 Å². The summed E-state index contributed by atoms with van der Waals surface area (Å²) in [6.45, 7) is 2.23. The number of carbonyl (C=O) groups excluding carboxylic acids is 1. The molecule has 1 fully saturated rings. The molecular weight excluding hydrogens is 390 g/mol. The van der Waals surface area contributed by atoms with Gasteiger partial charge in [-0.3, -0.25) is 4.79 Å². The van der Waals surface area contributed by atoms with Gasteiger partial charge in [-0.05, 0) is 37.1 Å². The Bertz CT molecular complexity index is 1170. The molecule has 0 saturated carbocycles. The summed E-state index contributed by atoms with van der Waals surface area (Å²) in [4.78, 5) is 19.1. The van der Waals surface area contributed by atoms with Gasteiger partial charge in [-0.15, -0.1) is 0 Å². The first kappa shape index (κ1) is 19.4. The molecule has 29 heavy (non-hydrogen) atoms. The fourth-order valence-electron chi connectivity index (χ4n) is 3.63. The monoisotopic (exact) mass is 413 g/mol. The van der Waals surface area contributed by atoms with E-state index in [0.717, 1.165) is 16.9 Å². The van der Waals surface area contributed by atoms with Crippen molar-refractivity contribution in [1.82, 2.24) is 14.3 Å². The third kappa shape index (κ3) is 3.98. The summed E-state index contributed by atoms with van der Waals surface area (Å²) in [6, 6.07) is 10.7. The zero-order valence-electron chi connectivity index (χ0n) is 16.4. The number of ether oxygens (including phenoxy) is 1. The van der Waals surface area contributed by atoms with Crippen LogP contribution in [0.25, 0.3) is 5.65 Å². The maximum Gasteiger partial charge on any atom is 0.257 e. The number of benzene rings is 1. The second-order valence-electron chi connectivity index (χ2n) is 7.41. The van der Waals surface area contributed by atoms with Crippen LogP contribution in [0.5, 0.6) is 5.75 Å². The van der Waals surface area contributed by atoms with Crippen molar-refractivity contribution in [3.63, 3.8) is 0 Å². The largest absolute Gasteiger partial charge is 0.486 e. The number of para-hydroxylation sites is 1. The van der Waals surface area contributed by atoms with Crippen molar-refractivity contribution in [1.29, 1.82) is 0 Å². The average molecular weight is 413 g/mol. The van der Waals surface area contributed by atoms with Crippen LogP contribution in [0.3, 0.4) is 0 Å². The van der Waals surface area contributed by atoms with Gasteiger partial charge in [0, 0.05) is 25.5 Å². The highest BCUT2D eigenvalue weighted by Crippen LogP contribution is 2.24. The molecule has 1 amide bonds. The highest BCUT2D eigenvalue weighted by Gasteiger charge is 2.33. The number of pyridine rings is 1. The van der Waals surface area contributed by atoms with Gasteiger partial charge in [0.05, 0.1) is 22.8 Å². The molecule has 1 unspecified atom stereocenters. The van der Waals surface area contributed by atoms with E-state index in [1.54, 1.807) is 31.3 Å². The molecule has 0 bridgehead atoms. The van der Waals surface area contributed by atoms with Crippen LogP contribution < -0.4 is 4.74 Å². The van der Waals surface area contributed by atoms with Gasteiger partial charge in [-0.2, -0.15) is 0 Å². The van der Waals surface area contributed by atoms with Crippen molar-refractivity contribution >= 4 is 21.4 Å². The number of rotatable bonds is 5. The van der Waals surface area contributed by atoms with Gasteiger partial charge in [0.1, 0.15) is 18.0 Å². The van der Waals surface area contributed by atoms with E-state index in [1.807, 2.05) is 35.9 Å². The highest BCUT2D eigenvalue weighted by molar-refractivity contribution is 7.91. The maximum atomic E-state index is 13.0. The fraction of sp³-hybridized carbons (Fsp3) is 0.333. The van der Waals surface area contributed by atoms with Crippen LogP contribution in [0.4, 0.5) is 0 Å². The quantitative estimate of drug-likeness (QED) is 0.642. The minimum atomic E-state index is -3.06. The lowest BCUT2D eigenvalue weighted by Gasteiger charge is -2.24. The topological polar surface area (TPSA) is 81.0 Å². The fourth-order valence-corrected chi connectivity index (χ4v) is 5.41. The molecule has 3 aromatic rings. The van der Waals surface area contributed by atoms with Crippen LogP contribution in [-0.4, -0.2) is 53.2 Å². The smallest absolute Gasteiger partial charge is 0.257 e. The number of hydrogen-bond acceptors (Lipinski definition) is 5. The number of fused-ring (bicyclic) bond motifs is 1. The van der Waals surface area contributed by atoms with E-state index in [0.29, 0.717) is 17.7 Å². The number of sulfone groups is 1. The molecule has 1 aliphatic heterocycles. The predicted octanol–water partition coefficient (Wildman–Crippen LogP) is 2.48. The van der Waals surface area contributed by atoms with Gasteiger partial charge in [0.15, 0.2) is 9.84 Å². The van der Waals surface area contributed by atoms with E-state index in [1.165, 1.54) is 4.90 Å². The first-order chi connectivity index (χ1) is 13.8. The molecule has 7 nitrogen and oxygen atoms in total. The van der Waals surface area contributed by atoms with Gasteiger partial charge in [-0.25, -0.2) is 13.4 Å². The summed E-state index contributed by atoms with van der Waals surface area (Å²) < 4.78 is 31.4. The number of nitrogens with zero attached hydrogens (tertiary/aromatic N) is 3. The van der Waals surface area contributed by atoms with Crippen LogP contribution in [0, 0.1) is 6.92 Å². The minimum Gasteiger partial charge on any atom is -0.486 e. The zero-order chi connectivity index (χ0) is 20.6. The second kappa shape index (κ2) is 7.51. The molecule has 1 aromatic carbocycles. The van der Waals surface area contributed by atoms with Crippen LogP contribution in [0.15, 0.2) is 48.8 Å². The van der Waals surface area contributed by atoms with Gasteiger partial charge >= 0.3 is 0 Å². The van der Waals surface area contributed by atoms with Gasteiger partial charge in [0.25, 0.3) is 5.91 Å². The molecule has 2 aromatic heterocycles. The first-order valence-electron chi connectivity index (χ1n) is 9.47. The number of hydrogen-bond donors (Lipinski definition) is 0. The van der Waals surface area contributed by atoms with E-state index in [2.05, 4.69) is 4.98 Å². The van der Waals surface area contributed by atoms with Gasteiger partial charge in [-0.1, -0.05) is 18.2 Å². The van der Waals surface area contributed by atoms with Crippen LogP contribution in [-0.2, 0) is 16.4 Å². The number of amides is 1. The molecule has 8 heteroatoms. The Labute approximate surface area is 169 Å². The molecule has 3 heterocycles. The van der Waals surface area contributed by atoms with Crippen molar-refractivity contribution in [2.24, 2.45) is 0 Å². The minimum absolute atomic E-state index is 0.0128. The highest BCUT2D eigenvalue weighted by atomic mass is 32.2. The number of aryl methyl sites for hydroxylation is 1. The lowest BCUT2D eigenvalue weighted by Crippen LogP contribution is -2.38. The van der Waals surface area contributed by atoms with Crippen molar-refractivity contribution in [2.75, 3.05) is 18.6 Å². The van der Waals surface area contributed by atoms with Crippen LogP contribution in [0.1, 0.15) is 28.0 Å². The van der Waals surface area contributed by atoms with Gasteiger partial charge < -0.3 is 14.0 Å². The van der Waals surface area contributed by atoms with E-state index in [9.17, 15) is 13.2 Å². The lowest BCUT2D eigenvalue weighted by atomic mass is 10.1. The Morgan fingerprint density at radius 3 is 2.79 bits per heavy atom. The van der Waals surface area contributed by atoms with Crippen molar-refractivity contribution in [3.8, 4) is 5.75 Å². The number of carbonyl (C=O) groups is 1. The van der Waals surface area contributed by atoms with Crippen LogP contribution in [0.2, 0.25) is 0 Å². The Morgan fingerprint density at radius 1 is 1.28 bits per heavy atom. The van der Waals surface area contributed by atoms with Crippen molar-refractivity contribution in [2.45, 2.75) is 26.0 Å². The van der Waals surface area contributed by atoms with E-state index >= 15 is 0 Å². The number of imidazole rings is 1. The molecule has 1 atom stereocenters. The van der Waals surface area contributed by atoms with Crippen molar-refractivity contribution < 1.29 is 17.9 Å². The molecule has 1 aliphatic rings. The van der Waals surface area contributed by atoms with Gasteiger partial charge in [0.2, 0.25) is 0 Å². The second-order valence-corrected chi connectivity index (χ2v) is 9.64. The van der Waals surface area contributed by atoms with E-state index in [4.69, 9.17) is 4.74 Å². The zero-order valence-corrected chi connectivity index (χ0v) is 17.2. The molecule has 4 rings (SSSR count). The van der Waals surface area contributed by atoms with E-state index < -0.39 is 9.84 Å². The summed E-state index contributed by atoms with van der Waals surface area (Å²) in [6.07, 6.45) is 4.30. The normalized spacial score (nSPS) is 18.1. The molecular formula is C21H23N3O4S. The molecule has 0 radical (unpaired) electrons. The Balaban J connectivity index is 1.52. The molecule has 0 N–H and O–H groups in total.